The van der Waals surface area contributed by atoms with Crippen molar-refractivity contribution < 1.29 is 9.84 Å². The number of hydrogen-bond donors (Lipinski definition) is 1. The van der Waals surface area contributed by atoms with Gasteiger partial charge in [-0.25, -0.2) is 0 Å². The maximum Gasteiger partial charge on any atom is 0.119 e. The second kappa shape index (κ2) is 4.88. The molecule has 0 saturated heterocycles. The summed E-state index contributed by atoms with van der Waals surface area (Å²) in [5.41, 5.74) is 5.68. The van der Waals surface area contributed by atoms with Crippen molar-refractivity contribution >= 4 is 0 Å². The summed E-state index contributed by atoms with van der Waals surface area (Å²) in [7, 11) is 1.72. The summed E-state index contributed by atoms with van der Waals surface area (Å²) in [5, 5.41) is 9.82. The number of benzene rings is 1. The number of fused-ring (bicyclic) bond motifs is 5. The molecule has 0 radical (unpaired) electrons. The first-order valence-electron chi connectivity index (χ1n) is 8.22. The fraction of sp³-hybridized carbons (Fsp3) is 0.474. The highest BCUT2D eigenvalue weighted by Gasteiger charge is 2.46. The second-order valence-electron chi connectivity index (χ2n) is 6.78. The molecule has 2 aliphatic carbocycles. The molecule has 1 heterocycles. The average Bonchev–Trinajstić information content (AvgIpc) is 3.18. The predicted octanol–water partition coefficient (Wildman–Crippen LogP) is 3.72. The van der Waals surface area contributed by atoms with E-state index in [-0.39, 0.29) is 11.5 Å². The summed E-state index contributed by atoms with van der Waals surface area (Å²) in [5.74, 6) is 0.907. The molecule has 2 aliphatic rings. The number of rotatable bonds is 3. The van der Waals surface area contributed by atoms with Crippen molar-refractivity contribution in [3.05, 3.63) is 41.6 Å². The van der Waals surface area contributed by atoms with Crippen LogP contribution in [0.25, 0.3) is 11.3 Å². The standard InChI is InChI=1S/C19H23NO2/c1-13(21)12-20-10-7-17-18(20)15-11-14(22-2)5-6-16(15)19(17)8-3-4-9-19/h5-7,10-11,13,21H,3-4,8-9,12H2,1-2H3. The van der Waals surface area contributed by atoms with Gasteiger partial charge in [0.2, 0.25) is 0 Å². The molecule has 1 aromatic heterocycles. The fourth-order valence-electron chi connectivity index (χ4n) is 4.52. The Morgan fingerprint density at radius 3 is 2.68 bits per heavy atom. The molecule has 1 N–H and O–H groups in total. The van der Waals surface area contributed by atoms with Gasteiger partial charge in [-0.1, -0.05) is 18.9 Å². The molecule has 3 nitrogen and oxygen atoms in total. The number of methoxy groups -OCH3 is 1. The van der Waals surface area contributed by atoms with E-state index in [4.69, 9.17) is 4.74 Å². The lowest BCUT2D eigenvalue weighted by Gasteiger charge is -2.25. The van der Waals surface area contributed by atoms with Crippen LogP contribution in [0.5, 0.6) is 5.75 Å². The SMILES string of the molecule is COc1ccc2c(c1)-c1c(ccn1CC(C)O)C21CCCC1. The van der Waals surface area contributed by atoms with E-state index in [1.165, 1.54) is 48.1 Å². The fourth-order valence-corrected chi connectivity index (χ4v) is 4.52. The van der Waals surface area contributed by atoms with Gasteiger partial charge in [-0.05, 0) is 49.1 Å². The van der Waals surface area contributed by atoms with Crippen LogP contribution in [0.1, 0.15) is 43.7 Å². The minimum Gasteiger partial charge on any atom is -0.497 e. The van der Waals surface area contributed by atoms with E-state index < -0.39 is 0 Å². The Labute approximate surface area is 131 Å². The zero-order valence-electron chi connectivity index (χ0n) is 13.3. The van der Waals surface area contributed by atoms with Gasteiger partial charge in [-0.2, -0.15) is 0 Å². The van der Waals surface area contributed by atoms with Crippen LogP contribution in [0.15, 0.2) is 30.5 Å². The number of ether oxygens (including phenoxy) is 1. The van der Waals surface area contributed by atoms with Crippen molar-refractivity contribution in [1.29, 1.82) is 0 Å². The molecule has 0 amide bonds. The topological polar surface area (TPSA) is 34.4 Å². The second-order valence-corrected chi connectivity index (χ2v) is 6.78. The summed E-state index contributed by atoms with van der Waals surface area (Å²) in [4.78, 5) is 0. The van der Waals surface area contributed by atoms with Gasteiger partial charge in [0.15, 0.2) is 0 Å². The summed E-state index contributed by atoms with van der Waals surface area (Å²) in [6.07, 6.45) is 6.86. The van der Waals surface area contributed by atoms with E-state index in [9.17, 15) is 5.11 Å². The zero-order valence-corrected chi connectivity index (χ0v) is 13.3. The molecule has 116 valence electrons. The highest BCUT2D eigenvalue weighted by Crippen LogP contribution is 2.57. The molecular weight excluding hydrogens is 274 g/mol. The molecule has 2 aromatic rings. The first kappa shape index (κ1) is 13.9. The number of hydrogen-bond acceptors (Lipinski definition) is 2. The van der Waals surface area contributed by atoms with Gasteiger partial charge in [-0.15, -0.1) is 0 Å². The first-order valence-corrected chi connectivity index (χ1v) is 8.22. The Balaban J connectivity index is 1.94. The van der Waals surface area contributed by atoms with Gasteiger partial charge < -0.3 is 14.4 Å². The summed E-state index contributed by atoms with van der Waals surface area (Å²) in [6.45, 7) is 2.49. The predicted molar refractivity (Wildman–Crippen MR) is 87.3 cm³/mol. The highest BCUT2D eigenvalue weighted by atomic mass is 16.5. The van der Waals surface area contributed by atoms with E-state index >= 15 is 0 Å². The lowest BCUT2D eigenvalue weighted by Crippen LogP contribution is -2.19. The molecule has 1 unspecified atom stereocenters. The summed E-state index contributed by atoms with van der Waals surface area (Å²) in [6, 6.07) is 8.78. The highest BCUT2D eigenvalue weighted by molar-refractivity contribution is 5.80. The average molecular weight is 297 g/mol. The lowest BCUT2D eigenvalue weighted by molar-refractivity contribution is 0.174. The van der Waals surface area contributed by atoms with Crippen LogP contribution in [0.3, 0.4) is 0 Å². The Morgan fingerprint density at radius 2 is 2.00 bits per heavy atom. The van der Waals surface area contributed by atoms with Gasteiger partial charge >= 0.3 is 0 Å². The lowest BCUT2D eigenvalue weighted by atomic mass is 9.77. The molecule has 1 fully saturated rings. The monoisotopic (exact) mass is 297 g/mol. The maximum absolute atomic E-state index is 9.82. The van der Waals surface area contributed by atoms with Gasteiger partial charge in [0.1, 0.15) is 5.75 Å². The van der Waals surface area contributed by atoms with Crippen LogP contribution in [-0.4, -0.2) is 22.9 Å². The Bertz CT molecular complexity index is 708. The van der Waals surface area contributed by atoms with Crippen molar-refractivity contribution in [3.8, 4) is 17.0 Å². The van der Waals surface area contributed by atoms with Gasteiger partial charge in [0.05, 0.1) is 18.9 Å². The molecule has 1 atom stereocenters. The van der Waals surface area contributed by atoms with Crippen molar-refractivity contribution in [2.75, 3.05) is 7.11 Å². The zero-order chi connectivity index (χ0) is 15.3. The third kappa shape index (κ3) is 1.78. The minimum absolute atomic E-state index is 0.195. The molecular formula is C19H23NO2. The van der Waals surface area contributed by atoms with Crippen molar-refractivity contribution in [2.24, 2.45) is 0 Å². The number of nitrogens with zero attached hydrogens (tertiary/aromatic N) is 1. The van der Waals surface area contributed by atoms with Crippen molar-refractivity contribution in [3.63, 3.8) is 0 Å². The van der Waals surface area contributed by atoms with Gasteiger partial charge in [0.25, 0.3) is 0 Å². The number of aliphatic hydroxyl groups excluding tert-OH is 1. The quantitative estimate of drug-likeness (QED) is 0.937. The maximum atomic E-state index is 9.82. The van der Waals surface area contributed by atoms with Crippen LogP contribution < -0.4 is 4.74 Å². The van der Waals surface area contributed by atoms with E-state index in [0.717, 1.165) is 5.75 Å². The molecule has 22 heavy (non-hydrogen) atoms. The smallest absolute Gasteiger partial charge is 0.119 e. The minimum atomic E-state index is -0.342. The summed E-state index contributed by atoms with van der Waals surface area (Å²) < 4.78 is 7.66. The Kier molecular flexibility index (Phi) is 3.08. The molecule has 4 rings (SSSR count). The summed E-state index contributed by atoms with van der Waals surface area (Å²) >= 11 is 0. The van der Waals surface area contributed by atoms with Crippen LogP contribution in [0, 0.1) is 0 Å². The van der Waals surface area contributed by atoms with Crippen LogP contribution in [-0.2, 0) is 12.0 Å². The molecule has 3 heteroatoms. The number of aromatic nitrogens is 1. The van der Waals surface area contributed by atoms with Gasteiger partial charge in [0, 0.05) is 23.7 Å². The number of aliphatic hydroxyl groups is 1. The van der Waals surface area contributed by atoms with E-state index in [2.05, 4.69) is 35.0 Å². The largest absolute Gasteiger partial charge is 0.497 e. The normalized spacial score (nSPS) is 19.2. The third-order valence-electron chi connectivity index (χ3n) is 5.39. The third-order valence-corrected chi connectivity index (χ3v) is 5.39. The molecule has 1 spiro atoms. The van der Waals surface area contributed by atoms with Crippen LogP contribution in [0.2, 0.25) is 0 Å². The van der Waals surface area contributed by atoms with Crippen molar-refractivity contribution in [2.45, 2.75) is 50.7 Å². The molecule has 1 saturated carbocycles. The molecule has 1 aromatic carbocycles. The molecule has 0 aliphatic heterocycles. The Hall–Kier alpha value is -1.74. The van der Waals surface area contributed by atoms with E-state index in [0.29, 0.717) is 6.54 Å². The molecule has 0 bridgehead atoms. The van der Waals surface area contributed by atoms with E-state index in [1.54, 1.807) is 7.11 Å². The van der Waals surface area contributed by atoms with Crippen molar-refractivity contribution in [1.82, 2.24) is 4.57 Å². The van der Waals surface area contributed by atoms with Gasteiger partial charge in [-0.3, -0.25) is 0 Å². The van der Waals surface area contributed by atoms with Crippen LogP contribution in [0.4, 0.5) is 0 Å². The van der Waals surface area contributed by atoms with E-state index in [1.807, 2.05) is 6.92 Å². The van der Waals surface area contributed by atoms with Crippen LogP contribution >= 0.6 is 0 Å². The first-order chi connectivity index (χ1) is 10.7. The Morgan fingerprint density at radius 1 is 1.23 bits per heavy atom.